The summed E-state index contributed by atoms with van der Waals surface area (Å²) in [6.45, 7) is 1.71. The first-order valence-corrected chi connectivity index (χ1v) is 8.11. The predicted octanol–water partition coefficient (Wildman–Crippen LogP) is 2.90. The largest absolute Gasteiger partial charge is 0.451 e. The van der Waals surface area contributed by atoms with E-state index in [1.165, 1.54) is 0 Å². The monoisotopic (exact) mass is 313 g/mol. The summed E-state index contributed by atoms with van der Waals surface area (Å²) in [6.07, 6.45) is 2.73. The van der Waals surface area contributed by atoms with Crippen molar-refractivity contribution in [3.8, 4) is 0 Å². The van der Waals surface area contributed by atoms with Crippen LogP contribution in [0.15, 0.2) is 46.3 Å². The number of furan rings is 1. The van der Waals surface area contributed by atoms with Gasteiger partial charge in [-0.2, -0.15) is 0 Å². The minimum Gasteiger partial charge on any atom is -0.451 e. The lowest BCUT2D eigenvalue weighted by Crippen LogP contribution is -2.36. The van der Waals surface area contributed by atoms with Crippen molar-refractivity contribution in [3.63, 3.8) is 0 Å². The Hall–Kier alpha value is -2.34. The molecule has 1 saturated heterocycles. The van der Waals surface area contributed by atoms with Crippen molar-refractivity contribution in [2.75, 3.05) is 18.0 Å². The molecule has 3 heterocycles. The van der Waals surface area contributed by atoms with Crippen molar-refractivity contribution in [2.45, 2.75) is 12.5 Å². The Morgan fingerprint density at radius 3 is 3.14 bits per heavy atom. The average molecular weight is 313 g/mol. The van der Waals surface area contributed by atoms with Crippen LogP contribution in [-0.2, 0) is 0 Å². The number of carbonyl (C=O) groups excluding carboxylic acids is 1. The van der Waals surface area contributed by atoms with E-state index in [2.05, 4.69) is 15.2 Å². The van der Waals surface area contributed by atoms with Gasteiger partial charge in [0.1, 0.15) is 5.58 Å². The fourth-order valence-corrected chi connectivity index (χ4v) is 3.45. The van der Waals surface area contributed by atoms with E-state index in [1.807, 2.05) is 29.6 Å². The van der Waals surface area contributed by atoms with E-state index < -0.39 is 0 Å². The first-order chi connectivity index (χ1) is 10.8. The van der Waals surface area contributed by atoms with Gasteiger partial charge in [0.05, 0.1) is 0 Å². The standard InChI is InChI=1S/C16H15N3O2S/c20-15(14-9-11-3-1-2-4-13(11)21-14)18-12-5-7-19(10-12)16-17-6-8-22-16/h1-4,6,8-9,12H,5,7,10H2,(H,18,20)/t12-/m0/s1. The van der Waals surface area contributed by atoms with Gasteiger partial charge in [0.25, 0.3) is 5.91 Å². The Morgan fingerprint density at radius 1 is 1.41 bits per heavy atom. The molecule has 1 fully saturated rings. The molecule has 0 radical (unpaired) electrons. The van der Waals surface area contributed by atoms with E-state index >= 15 is 0 Å². The first-order valence-electron chi connectivity index (χ1n) is 7.23. The molecule has 6 heteroatoms. The van der Waals surface area contributed by atoms with E-state index in [0.29, 0.717) is 5.76 Å². The van der Waals surface area contributed by atoms with Crippen molar-refractivity contribution in [2.24, 2.45) is 0 Å². The molecule has 0 unspecified atom stereocenters. The summed E-state index contributed by atoms with van der Waals surface area (Å²) in [5, 5.41) is 6.98. The van der Waals surface area contributed by atoms with E-state index in [4.69, 9.17) is 4.42 Å². The molecule has 1 amide bonds. The minimum atomic E-state index is -0.151. The van der Waals surface area contributed by atoms with Crippen LogP contribution < -0.4 is 10.2 Å². The number of nitrogens with one attached hydrogen (secondary N) is 1. The van der Waals surface area contributed by atoms with Gasteiger partial charge in [-0.05, 0) is 18.6 Å². The topological polar surface area (TPSA) is 58.4 Å². The number of hydrogen-bond acceptors (Lipinski definition) is 5. The molecule has 3 aromatic rings. The highest BCUT2D eigenvalue weighted by molar-refractivity contribution is 7.13. The predicted molar refractivity (Wildman–Crippen MR) is 86.4 cm³/mol. The number of benzene rings is 1. The number of thiazole rings is 1. The maximum absolute atomic E-state index is 12.3. The van der Waals surface area contributed by atoms with E-state index in [-0.39, 0.29) is 11.9 Å². The lowest BCUT2D eigenvalue weighted by Gasteiger charge is -2.15. The van der Waals surface area contributed by atoms with Gasteiger partial charge in [0.15, 0.2) is 10.9 Å². The molecule has 0 saturated carbocycles. The Labute approximate surface area is 131 Å². The summed E-state index contributed by atoms with van der Waals surface area (Å²) < 4.78 is 5.60. The molecule has 1 aromatic carbocycles. The molecule has 22 heavy (non-hydrogen) atoms. The maximum Gasteiger partial charge on any atom is 0.287 e. The highest BCUT2D eigenvalue weighted by Crippen LogP contribution is 2.23. The van der Waals surface area contributed by atoms with Crippen LogP contribution >= 0.6 is 11.3 Å². The molecule has 1 aliphatic rings. The van der Waals surface area contributed by atoms with Gasteiger partial charge in [0, 0.05) is 36.1 Å². The van der Waals surface area contributed by atoms with Gasteiger partial charge in [-0.1, -0.05) is 18.2 Å². The first kappa shape index (κ1) is 13.3. The molecule has 1 N–H and O–H groups in total. The zero-order chi connectivity index (χ0) is 14.9. The molecule has 2 aromatic heterocycles. The number of fused-ring (bicyclic) bond motifs is 1. The number of amides is 1. The number of rotatable bonds is 3. The molecular formula is C16H15N3O2S. The molecule has 0 bridgehead atoms. The molecule has 5 nitrogen and oxygen atoms in total. The summed E-state index contributed by atoms with van der Waals surface area (Å²) in [6, 6.07) is 9.56. The summed E-state index contributed by atoms with van der Waals surface area (Å²) >= 11 is 1.62. The summed E-state index contributed by atoms with van der Waals surface area (Å²) in [7, 11) is 0. The zero-order valence-corrected chi connectivity index (χ0v) is 12.7. The van der Waals surface area contributed by atoms with Gasteiger partial charge in [-0.3, -0.25) is 4.79 Å². The van der Waals surface area contributed by atoms with Crippen molar-refractivity contribution in [1.82, 2.24) is 10.3 Å². The Bertz CT molecular complexity index is 764. The van der Waals surface area contributed by atoms with Crippen LogP contribution in [-0.4, -0.2) is 30.0 Å². The summed E-state index contributed by atoms with van der Waals surface area (Å²) in [5.74, 6) is 0.219. The van der Waals surface area contributed by atoms with Crippen LogP contribution in [0.5, 0.6) is 0 Å². The number of para-hydroxylation sites is 1. The maximum atomic E-state index is 12.3. The minimum absolute atomic E-state index is 0.129. The smallest absolute Gasteiger partial charge is 0.287 e. The Balaban J connectivity index is 1.44. The molecule has 112 valence electrons. The van der Waals surface area contributed by atoms with Gasteiger partial charge in [0.2, 0.25) is 0 Å². The highest BCUT2D eigenvalue weighted by atomic mass is 32.1. The SMILES string of the molecule is O=C(N[C@H]1CCN(c2nccs2)C1)c1cc2ccccc2o1. The van der Waals surface area contributed by atoms with Crippen LogP contribution in [0.2, 0.25) is 0 Å². The van der Waals surface area contributed by atoms with Crippen molar-refractivity contribution in [3.05, 3.63) is 47.7 Å². The lowest BCUT2D eigenvalue weighted by atomic mass is 10.2. The number of carbonyl (C=O) groups is 1. The van der Waals surface area contributed by atoms with Crippen LogP contribution in [0, 0.1) is 0 Å². The quantitative estimate of drug-likeness (QED) is 0.808. The van der Waals surface area contributed by atoms with Crippen molar-refractivity contribution < 1.29 is 9.21 Å². The molecule has 1 aliphatic heterocycles. The second-order valence-corrected chi connectivity index (χ2v) is 6.24. The molecule has 0 aliphatic carbocycles. The lowest BCUT2D eigenvalue weighted by molar-refractivity contribution is 0.0914. The third-order valence-electron chi connectivity index (χ3n) is 3.86. The van der Waals surface area contributed by atoms with Crippen molar-refractivity contribution >= 4 is 33.3 Å². The Kier molecular flexibility index (Phi) is 3.31. The summed E-state index contributed by atoms with van der Waals surface area (Å²) in [5.41, 5.74) is 0.739. The van der Waals surface area contributed by atoms with E-state index in [1.54, 1.807) is 23.6 Å². The number of anilines is 1. The normalized spacial score (nSPS) is 18.0. The molecule has 0 spiro atoms. The average Bonchev–Trinajstić information content (AvgIpc) is 3.26. The Morgan fingerprint density at radius 2 is 2.32 bits per heavy atom. The van der Waals surface area contributed by atoms with Gasteiger partial charge in [-0.15, -0.1) is 11.3 Å². The second kappa shape index (κ2) is 5.46. The van der Waals surface area contributed by atoms with Crippen molar-refractivity contribution in [1.29, 1.82) is 0 Å². The highest BCUT2D eigenvalue weighted by Gasteiger charge is 2.26. The van der Waals surface area contributed by atoms with Crippen LogP contribution in [0.4, 0.5) is 5.13 Å². The fraction of sp³-hybridized carbons (Fsp3) is 0.250. The number of hydrogen-bond donors (Lipinski definition) is 1. The van der Waals surface area contributed by atoms with Crippen LogP contribution in [0.25, 0.3) is 11.0 Å². The van der Waals surface area contributed by atoms with Gasteiger partial charge >= 0.3 is 0 Å². The third kappa shape index (κ3) is 2.46. The summed E-state index contributed by atoms with van der Waals surface area (Å²) in [4.78, 5) is 18.8. The zero-order valence-electron chi connectivity index (χ0n) is 11.9. The number of nitrogens with zero attached hydrogens (tertiary/aromatic N) is 2. The van der Waals surface area contributed by atoms with E-state index in [9.17, 15) is 4.79 Å². The molecular weight excluding hydrogens is 298 g/mol. The molecule has 1 atom stereocenters. The van der Waals surface area contributed by atoms with Gasteiger partial charge in [-0.25, -0.2) is 4.98 Å². The van der Waals surface area contributed by atoms with Crippen LogP contribution in [0.1, 0.15) is 17.0 Å². The van der Waals surface area contributed by atoms with Gasteiger partial charge < -0.3 is 14.6 Å². The third-order valence-corrected chi connectivity index (χ3v) is 4.69. The van der Waals surface area contributed by atoms with E-state index in [0.717, 1.165) is 35.6 Å². The molecule has 4 rings (SSSR count). The number of aromatic nitrogens is 1. The van der Waals surface area contributed by atoms with Crippen LogP contribution in [0.3, 0.4) is 0 Å². The fourth-order valence-electron chi connectivity index (χ4n) is 2.77. The second-order valence-electron chi connectivity index (χ2n) is 5.37.